The Morgan fingerprint density at radius 3 is 2.81 bits per heavy atom. The SMILES string of the molecule is NC(=O)c1ccccc1NC(=O)CCCCC1CCSS1. The van der Waals surface area contributed by atoms with Crippen LogP contribution in [0.1, 0.15) is 42.5 Å². The molecule has 1 aromatic carbocycles. The maximum Gasteiger partial charge on any atom is 0.250 e. The molecular formula is C15H20N2O2S2. The normalized spacial score (nSPS) is 17.6. The summed E-state index contributed by atoms with van der Waals surface area (Å²) < 4.78 is 0. The Hall–Kier alpha value is -1.14. The van der Waals surface area contributed by atoms with E-state index in [2.05, 4.69) is 5.32 Å². The van der Waals surface area contributed by atoms with E-state index in [1.54, 1.807) is 24.3 Å². The van der Waals surface area contributed by atoms with Gasteiger partial charge in [0.25, 0.3) is 5.91 Å². The van der Waals surface area contributed by atoms with Gasteiger partial charge in [-0.15, -0.1) is 0 Å². The molecule has 21 heavy (non-hydrogen) atoms. The number of anilines is 1. The van der Waals surface area contributed by atoms with Gasteiger partial charge in [0.05, 0.1) is 11.3 Å². The van der Waals surface area contributed by atoms with E-state index in [1.807, 2.05) is 21.6 Å². The van der Waals surface area contributed by atoms with Gasteiger partial charge in [-0.05, 0) is 31.4 Å². The van der Waals surface area contributed by atoms with Gasteiger partial charge in [0, 0.05) is 17.4 Å². The zero-order chi connectivity index (χ0) is 15.1. The highest BCUT2D eigenvalue weighted by atomic mass is 33.1. The predicted molar refractivity (Wildman–Crippen MR) is 90.5 cm³/mol. The van der Waals surface area contributed by atoms with Gasteiger partial charge in [0.2, 0.25) is 5.91 Å². The predicted octanol–water partition coefficient (Wildman–Crippen LogP) is 3.44. The lowest BCUT2D eigenvalue weighted by Gasteiger charge is -2.09. The van der Waals surface area contributed by atoms with Gasteiger partial charge in [-0.25, -0.2) is 0 Å². The summed E-state index contributed by atoms with van der Waals surface area (Å²) in [4.78, 5) is 23.2. The van der Waals surface area contributed by atoms with Crippen LogP contribution in [0.5, 0.6) is 0 Å². The number of nitrogens with one attached hydrogen (secondary N) is 1. The molecule has 3 N–H and O–H groups in total. The Morgan fingerprint density at radius 1 is 1.29 bits per heavy atom. The molecule has 1 unspecified atom stereocenters. The maximum atomic E-state index is 11.9. The number of amides is 2. The Kier molecular flexibility index (Phi) is 6.45. The molecule has 1 saturated heterocycles. The molecule has 1 fully saturated rings. The minimum absolute atomic E-state index is 0.0582. The first kappa shape index (κ1) is 16.2. The Balaban J connectivity index is 1.73. The third-order valence-electron chi connectivity index (χ3n) is 3.37. The fourth-order valence-corrected chi connectivity index (χ4v) is 5.27. The minimum atomic E-state index is -0.526. The second kappa shape index (κ2) is 8.34. The number of carbonyl (C=O) groups is 2. The second-order valence-electron chi connectivity index (χ2n) is 5.03. The molecule has 0 aromatic heterocycles. The molecule has 1 aliphatic rings. The van der Waals surface area contributed by atoms with Gasteiger partial charge in [-0.2, -0.15) is 0 Å². The summed E-state index contributed by atoms with van der Waals surface area (Å²) in [6, 6.07) is 6.82. The van der Waals surface area contributed by atoms with Gasteiger partial charge in [0.15, 0.2) is 0 Å². The van der Waals surface area contributed by atoms with Gasteiger partial charge < -0.3 is 11.1 Å². The van der Waals surface area contributed by atoms with Crippen LogP contribution in [0.25, 0.3) is 0 Å². The van der Waals surface area contributed by atoms with Crippen molar-refractivity contribution in [3.05, 3.63) is 29.8 Å². The van der Waals surface area contributed by atoms with E-state index in [0.717, 1.165) is 18.1 Å². The van der Waals surface area contributed by atoms with E-state index in [-0.39, 0.29) is 5.91 Å². The lowest BCUT2D eigenvalue weighted by Crippen LogP contribution is -2.18. The average molecular weight is 324 g/mol. The van der Waals surface area contributed by atoms with Crippen molar-refractivity contribution in [2.45, 2.75) is 37.4 Å². The minimum Gasteiger partial charge on any atom is -0.366 e. The van der Waals surface area contributed by atoms with Crippen LogP contribution >= 0.6 is 21.6 Å². The number of benzene rings is 1. The summed E-state index contributed by atoms with van der Waals surface area (Å²) >= 11 is 0. The van der Waals surface area contributed by atoms with Crippen molar-refractivity contribution in [2.75, 3.05) is 11.1 Å². The Labute approximate surface area is 133 Å². The van der Waals surface area contributed by atoms with E-state index in [0.29, 0.717) is 17.7 Å². The van der Waals surface area contributed by atoms with Crippen molar-refractivity contribution < 1.29 is 9.59 Å². The summed E-state index contributed by atoms with van der Waals surface area (Å²) in [7, 11) is 3.92. The second-order valence-corrected chi connectivity index (χ2v) is 7.82. The van der Waals surface area contributed by atoms with Crippen LogP contribution in [0.2, 0.25) is 0 Å². The highest BCUT2D eigenvalue weighted by Gasteiger charge is 2.16. The molecule has 6 heteroatoms. The summed E-state index contributed by atoms with van der Waals surface area (Å²) in [5, 5.41) is 3.53. The first-order chi connectivity index (χ1) is 10.2. The number of unbranched alkanes of at least 4 members (excludes halogenated alkanes) is 1. The molecule has 0 spiro atoms. The summed E-state index contributed by atoms with van der Waals surface area (Å²) in [5.74, 6) is 0.665. The molecule has 1 aromatic rings. The Morgan fingerprint density at radius 2 is 2.10 bits per heavy atom. The quantitative estimate of drug-likeness (QED) is 0.595. The van der Waals surface area contributed by atoms with Gasteiger partial charge in [0.1, 0.15) is 0 Å². The van der Waals surface area contributed by atoms with Crippen LogP contribution in [-0.2, 0) is 4.79 Å². The standard InChI is InChI=1S/C15H20N2O2S2/c16-15(19)12-6-2-3-7-13(12)17-14(18)8-4-1-5-11-9-10-20-21-11/h2-3,6-7,11H,1,4-5,8-10H2,(H2,16,19)(H,17,18). The highest BCUT2D eigenvalue weighted by Crippen LogP contribution is 2.39. The molecule has 0 aliphatic carbocycles. The summed E-state index contributed by atoms with van der Waals surface area (Å²) in [6.45, 7) is 0. The van der Waals surface area contributed by atoms with Crippen molar-refractivity contribution in [2.24, 2.45) is 5.73 Å². The van der Waals surface area contributed by atoms with Crippen LogP contribution in [0.4, 0.5) is 5.69 Å². The molecule has 1 heterocycles. The third-order valence-corrected chi connectivity index (χ3v) is 6.38. The molecule has 2 rings (SSSR count). The average Bonchev–Trinajstić information content (AvgIpc) is 2.97. The number of primary amides is 1. The summed E-state index contributed by atoms with van der Waals surface area (Å²) in [6.07, 6.45) is 4.91. The zero-order valence-electron chi connectivity index (χ0n) is 11.8. The molecule has 0 radical (unpaired) electrons. The molecule has 1 aliphatic heterocycles. The lowest BCUT2D eigenvalue weighted by molar-refractivity contribution is -0.116. The fraction of sp³-hybridized carbons (Fsp3) is 0.467. The van der Waals surface area contributed by atoms with Crippen LogP contribution in [0, 0.1) is 0 Å². The van der Waals surface area contributed by atoms with Crippen molar-refractivity contribution in [3.8, 4) is 0 Å². The number of hydrogen-bond donors (Lipinski definition) is 2. The molecule has 0 bridgehead atoms. The van der Waals surface area contributed by atoms with E-state index in [1.165, 1.54) is 18.6 Å². The largest absolute Gasteiger partial charge is 0.366 e. The first-order valence-electron chi connectivity index (χ1n) is 7.14. The summed E-state index contributed by atoms with van der Waals surface area (Å²) in [5.41, 5.74) is 6.14. The number of hydrogen-bond acceptors (Lipinski definition) is 4. The Bertz CT molecular complexity index is 502. The number of carbonyl (C=O) groups excluding carboxylic acids is 2. The highest BCUT2D eigenvalue weighted by molar-refractivity contribution is 8.77. The maximum absolute atomic E-state index is 11.9. The van der Waals surface area contributed by atoms with Gasteiger partial charge >= 0.3 is 0 Å². The fourth-order valence-electron chi connectivity index (χ4n) is 2.24. The lowest BCUT2D eigenvalue weighted by atomic mass is 10.1. The van der Waals surface area contributed by atoms with Gasteiger partial charge in [-0.1, -0.05) is 40.1 Å². The van der Waals surface area contributed by atoms with Crippen LogP contribution in [-0.4, -0.2) is 22.8 Å². The van der Waals surface area contributed by atoms with Crippen molar-refractivity contribution in [1.29, 1.82) is 0 Å². The van der Waals surface area contributed by atoms with Crippen molar-refractivity contribution >= 4 is 39.1 Å². The number of nitrogens with two attached hydrogens (primary N) is 1. The zero-order valence-corrected chi connectivity index (χ0v) is 13.5. The topological polar surface area (TPSA) is 72.2 Å². The van der Waals surface area contributed by atoms with Crippen LogP contribution in [0.3, 0.4) is 0 Å². The van der Waals surface area contributed by atoms with Crippen LogP contribution < -0.4 is 11.1 Å². The molecule has 0 saturated carbocycles. The van der Waals surface area contributed by atoms with Crippen LogP contribution in [0.15, 0.2) is 24.3 Å². The number of para-hydroxylation sites is 1. The van der Waals surface area contributed by atoms with E-state index >= 15 is 0 Å². The monoisotopic (exact) mass is 324 g/mol. The first-order valence-corrected chi connectivity index (χ1v) is 9.52. The molecule has 1 atom stereocenters. The van der Waals surface area contributed by atoms with E-state index < -0.39 is 5.91 Å². The molecular weight excluding hydrogens is 304 g/mol. The van der Waals surface area contributed by atoms with Crippen molar-refractivity contribution in [1.82, 2.24) is 0 Å². The number of rotatable bonds is 7. The third kappa shape index (κ3) is 5.28. The van der Waals surface area contributed by atoms with E-state index in [9.17, 15) is 9.59 Å². The molecule has 114 valence electrons. The van der Waals surface area contributed by atoms with Gasteiger partial charge in [-0.3, -0.25) is 9.59 Å². The van der Waals surface area contributed by atoms with E-state index in [4.69, 9.17) is 5.73 Å². The smallest absolute Gasteiger partial charge is 0.250 e. The molecule has 4 nitrogen and oxygen atoms in total. The van der Waals surface area contributed by atoms with Crippen molar-refractivity contribution in [3.63, 3.8) is 0 Å². The molecule has 2 amide bonds.